The van der Waals surface area contributed by atoms with Crippen LogP contribution in [0.2, 0.25) is 0 Å². The summed E-state index contributed by atoms with van der Waals surface area (Å²) >= 11 is 0. The van der Waals surface area contributed by atoms with E-state index in [9.17, 15) is 4.79 Å². The number of hydrogen-bond acceptors (Lipinski definition) is 3. The first-order chi connectivity index (χ1) is 9.10. The van der Waals surface area contributed by atoms with Gasteiger partial charge in [0.05, 0.1) is 0 Å². The molecule has 1 aromatic carbocycles. The molecule has 6 heteroatoms. The Morgan fingerprint density at radius 1 is 1.53 bits per heavy atom. The molecule has 1 aromatic rings. The number of carbonyl (C=O) groups excluding carboxylic acids is 1. The molecule has 0 unspecified atom stereocenters. The Bertz CT molecular complexity index is 460. The topological polar surface area (TPSA) is 91.0 Å². The van der Waals surface area contributed by atoms with Gasteiger partial charge in [0, 0.05) is 24.8 Å². The van der Waals surface area contributed by atoms with Crippen LogP contribution in [0.3, 0.4) is 0 Å². The molecule has 6 nitrogen and oxygen atoms in total. The Labute approximate surface area is 112 Å². The fraction of sp³-hybridized carbons (Fsp3) is 0.385. The van der Waals surface area contributed by atoms with Crippen LogP contribution in [-0.4, -0.2) is 30.7 Å². The van der Waals surface area contributed by atoms with Crippen molar-refractivity contribution in [1.29, 1.82) is 0 Å². The van der Waals surface area contributed by atoms with Gasteiger partial charge >= 0.3 is 6.03 Å². The Morgan fingerprint density at radius 3 is 2.89 bits per heavy atom. The molecule has 0 radical (unpaired) electrons. The molecule has 0 bridgehead atoms. The minimum absolute atomic E-state index is 0.0154. The summed E-state index contributed by atoms with van der Waals surface area (Å²) in [5.74, 6) is 0.0154. The largest absolute Gasteiger partial charge is 0.409 e. The molecule has 1 rings (SSSR count). The maximum absolute atomic E-state index is 11.9. The maximum atomic E-state index is 11.9. The summed E-state index contributed by atoms with van der Waals surface area (Å²) < 4.78 is 0. The summed E-state index contributed by atoms with van der Waals surface area (Å²) in [4.78, 5) is 13.4. The molecule has 4 N–H and O–H groups in total. The highest BCUT2D eigenvalue weighted by molar-refractivity contribution is 5.99. The summed E-state index contributed by atoms with van der Waals surface area (Å²) in [6.07, 6.45) is 1.98. The quantitative estimate of drug-likeness (QED) is 0.249. The van der Waals surface area contributed by atoms with Crippen molar-refractivity contribution in [3.05, 3.63) is 29.8 Å². The standard InChI is InChI=1S/C13H20N4O2/c1-3-4-8-15-13(18)17(2)11-7-5-6-10(9-11)12(14)16-19/h5-7,9,19H,3-4,8H2,1-2H3,(H2,14,16)(H,15,18). The third kappa shape index (κ3) is 4.17. The number of hydrogen-bond donors (Lipinski definition) is 3. The molecule has 0 aromatic heterocycles. The van der Waals surface area contributed by atoms with Gasteiger partial charge in [-0.3, -0.25) is 4.90 Å². The molecule has 0 saturated carbocycles. The first-order valence-electron chi connectivity index (χ1n) is 6.19. The third-order valence-corrected chi connectivity index (χ3v) is 2.75. The molecule has 0 aliphatic carbocycles. The van der Waals surface area contributed by atoms with Gasteiger partial charge < -0.3 is 16.3 Å². The summed E-state index contributed by atoms with van der Waals surface area (Å²) in [6.45, 7) is 2.72. The summed E-state index contributed by atoms with van der Waals surface area (Å²) in [5, 5.41) is 14.4. The van der Waals surface area contributed by atoms with E-state index in [1.807, 2.05) is 0 Å². The van der Waals surface area contributed by atoms with Crippen LogP contribution in [0.25, 0.3) is 0 Å². The average Bonchev–Trinajstić information content (AvgIpc) is 2.45. The van der Waals surface area contributed by atoms with Crippen LogP contribution in [0.5, 0.6) is 0 Å². The molecule has 19 heavy (non-hydrogen) atoms. The van der Waals surface area contributed by atoms with Gasteiger partial charge in [-0.25, -0.2) is 4.79 Å². The highest BCUT2D eigenvalue weighted by Crippen LogP contribution is 2.14. The number of urea groups is 1. The van der Waals surface area contributed by atoms with Crippen LogP contribution in [0, 0.1) is 0 Å². The number of oxime groups is 1. The SMILES string of the molecule is CCCCNC(=O)N(C)c1cccc(C(N)=NO)c1. The Morgan fingerprint density at radius 2 is 2.26 bits per heavy atom. The first-order valence-corrected chi connectivity index (χ1v) is 6.19. The third-order valence-electron chi connectivity index (χ3n) is 2.75. The summed E-state index contributed by atoms with van der Waals surface area (Å²) in [7, 11) is 1.67. The number of nitrogens with zero attached hydrogens (tertiary/aromatic N) is 2. The first kappa shape index (κ1) is 14.8. The van der Waals surface area contributed by atoms with E-state index < -0.39 is 0 Å². The summed E-state index contributed by atoms with van der Waals surface area (Å²) in [5.41, 5.74) is 6.76. The number of carbonyl (C=O) groups is 1. The molecule has 2 amide bonds. The fourth-order valence-corrected chi connectivity index (χ4v) is 1.54. The average molecular weight is 264 g/mol. The van der Waals surface area contributed by atoms with Crippen LogP contribution in [0.1, 0.15) is 25.3 Å². The lowest BCUT2D eigenvalue weighted by atomic mass is 10.2. The molecular formula is C13H20N4O2. The zero-order valence-corrected chi connectivity index (χ0v) is 11.3. The number of nitrogens with one attached hydrogen (secondary N) is 1. The Balaban J connectivity index is 2.76. The van der Waals surface area contributed by atoms with Gasteiger partial charge in [0.15, 0.2) is 5.84 Å². The number of anilines is 1. The van der Waals surface area contributed by atoms with Gasteiger partial charge in [0.2, 0.25) is 0 Å². The second-order valence-electron chi connectivity index (χ2n) is 4.18. The molecule has 0 saturated heterocycles. The summed E-state index contributed by atoms with van der Waals surface area (Å²) in [6, 6.07) is 6.76. The van der Waals surface area contributed by atoms with Gasteiger partial charge in [-0.2, -0.15) is 0 Å². The van der Waals surface area contributed by atoms with Crippen LogP contribution in [0.4, 0.5) is 10.5 Å². The fourth-order valence-electron chi connectivity index (χ4n) is 1.54. The predicted molar refractivity (Wildman–Crippen MR) is 75.7 cm³/mol. The number of nitrogens with two attached hydrogens (primary N) is 1. The normalized spacial score (nSPS) is 11.2. The smallest absolute Gasteiger partial charge is 0.321 e. The van der Waals surface area contributed by atoms with Crippen LogP contribution >= 0.6 is 0 Å². The van der Waals surface area contributed by atoms with Crippen molar-refractivity contribution in [2.24, 2.45) is 10.9 Å². The second-order valence-corrected chi connectivity index (χ2v) is 4.18. The molecule has 0 atom stereocenters. The van der Waals surface area contributed by atoms with E-state index in [0.717, 1.165) is 12.8 Å². The Hall–Kier alpha value is -2.24. The van der Waals surface area contributed by atoms with Crippen molar-refractivity contribution in [3.63, 3.8) is 0 Å². The highest BCUT2D eigenvalue weighted by Gasteiger charge is 2.11. The van der Waals surface area contributed by atoms with Crippen molar-refractivity contribution < 1.29 is 10.0 Å². The molecule has 0 aliphatic rings. The molecule has 0 fully saturated rings. The van der Waals surface area contributed by atoms with Gasteiger partial charge in [0.25, 0.3) is 0 Å². The number of amidine groups is 1. The van der Waals surface area contributed by atoms with Gasteiger partial charge in [0.1, 0.15) is 0 Å². The zero-order chi connectivity index (χ0) is 14.3. The molecule has 0 aliphatic heterocycles. The lowest BCUT2D eigenvalue weighted by Crippen LogP contribution is -2.37. The van der Waals surface area contributed by atoms with Crippen molar-refractivity contribution in [3.8, 4) is 0 Å². The molecule has 0 spiro atoms. The molecular weight excluding hydrogens is 244 g/mol. The van der Waals surface area contributed by atoms with E-state index in [0.29, 0.717) is 17.8 Å². The van der Waals surface area contributed by atoms with Gasteiger partial charge in [-0.05, 0) is 18.6 Å². The predicted octanol–water partition coefficient (Wildman–Crippen LogP) is 1.73. The number of amides is 2. The van der Waals surface area contributed by atoms with E-state index >= 15 is 0 Å². The van der Waals surface area contributed by atoms with Crippen LogP contribution in [0.15, 0.2) is 29.4 Å². The maximum Gasteiger partial charge on any atom is 0.321 e. The number of benzene rings is 1. The lowest BCUT2D eigenvalue weighted by Gasteiger charge is -2.18. The van der Waals surface area contributed by atoms with E-state index in [4.69, 9.17) is 10.9 Å². The van der Waals surface area contributed by atoms with Crippen LogP contribution in [-0.2, 0) is 0 Å². The van der Waals surface area contributed by atoms with Gasteiger partial charge in [-0.15, -0.1) is 0 Å². The molecule has 104 valence electrons. The number of unbranched alkanes of at least 4 members (excludes halogenated alkanes) is 1. The van der Waals surface area contributed by atoms with Crippen molar-refractivity contribution in [1.82, 2.24) is 5.32 Å². The van der Waals surface area contributed by atoms with Crippen molar-refractivity contribution in [2.45, 2.75) is 19.8 Å². The van der Waals surface area contributed by atoms with E-state index in [2.05, 4.69) is 17.4 Å². The highest BCUT2D eigenvalue weighted by atomic mass is 16.4. The van der Waals surface area contributed by atoms with Crippen LogP contribution < -0.4 is 16.0 Å². The number of rotatable bonds is 5. The Kier molecular flexibility index (Phi) is 5.66. The minimum atomic E-state index is -0.176. The van der Waals surface area contributed by atoms with Crippen molar-refractivity contribution in [2.75, 3.05) is 18.5 Å². The second kappa shape index (κ2) is 7.25. The van der Waals surface area contributed by atoms with Gasteiger partial charge in [-0.1, -0.05) is 30.6 Å². The molecule has 0 heterocycles. The zero-order valence-electron chi connectivity index (χ0n) is 11.3. The van der Waals surface area contributed by atoms with Crippen molar-refractivity contribution >= 4 is 17.6 Å². The lowest BCUT2D eigenvalue weighted by molar-refractivity contribution is 0.247. The monoisotopic (exact) mass is 264 g/mol. The van der Waals surface area contributed by atoms with E-state index in [1.165, 1.54) is 4.90 Å². The minimum Gasteiger partial charge on any atom is -0.409 e. The van der Waals surface area contributed by atoms with E-state index in [1.54, 1.807) is 31.3 Å². The van der Waals surface area contributed by atoms with E-state index in [-0.39, 0.29) is 11.9 Å².